The van der Waals surface area contributed by atoms with Crippen molar-refractivity contribution in [2.24, 2.45) is 0 Å². The molecule has 3 aromatic rings. The predicted octanol–water partition coefficient (Wildman–Crippen LogP) is 5.62. The molecule has 3 aromatic carbocycles. The molecule has 0 radical (unpaired) electrons. The number of benzene rings is 3. The lowest BCUT2D eigenvalue weighted by atomic mass is 9.98. The molecule has 0 saturated carbocycles. The van der Waals surface area contributed by atoms with Gasteiger partial charge in [-0.15, -0.1) is 0 Å². The molecule has 0 aliphatic carbocycles. The fraction of sp³-hybridized carbons (Fsp3) is 0.222. The summed E-state index contributed by atoms with van der Waals surface area (Å²) < 4.78 is 26.3. The largest absolute Gasteiger partial charge is 0.331 e. The molecule has 0 spiro atoms. The van der Waals surface area contributed by atoms with Crippen molar-refractivity contribution >= 4 is 38.1 Å². The van der Waals surface area contributed by atoms with E-state index in [4.69, 9.17) is 11.6 Å². The number of urea groups is 1. The summed E-state index contributed by atoms with van der Waals surface area (Å²) in [6.07, 6.45) is 0.855. The third kappa shape index (κ3) is 5.42. The molecule has 0 fully saturated rings. The second-order valence-corrected chi connectivity index (χ2v) is 11.0. The molecule has 0 saturated heterocycles. The summed E-state index contributed by atoms with van der Waals surface area (Å²) in [5.74, 6) is 0. The molecule has 1 aliphatic heterocycles. The lowest BCUT2D eigenvalue weighted by Gasteiger charge is -2.18. The quantitative estimate of drug-likeness (QED) is 0.402. The summed E-state index contributed by atoms with van der Waals surface area (Å²) in [5.41, 5.74) is 5.14. The third-order valence-corrected chi connectivity index (χ3v) is 8.49. The van der Waals surface area contributed by atoms with Gasteiger partial charge in [-0.1, -0.05) is 54.6 Å². The summed E-state index contributed by atoms with van der Waals surface area (Å²) in [5, 5.41) is 9.51. The maximum atomic E-state index is 13.2. The first-order valence-corrected chi connectivity index (χ1v) is 13.2. The van der Waals surface area contributed by atoms with E-state index in [0.717, 1.165) is 36.2 Å². The van der Waals surface area contributed by atoms with Crippen LogP contribution in [0.1, 0.15) is 40.8 Å². The summed E-state index contributed by atoms with van der Waals surface area (Å²) in [6.45, 7) is 9.28. The smallest absolute Gasteiger partial charge is 0.319 e. The first-order valence-electron chi connectivity index (χ1n) is 11.4. The fourth-order valence-electron chi connectivity index (χ4n) is 4.11. The Morgan fingerprint density at radius 3 is 2.57 bits per heavy atom. The van der Waals surface area contributed by atoms with Gasteiger partial charge in [0.25, 0.3) is 0 Å². The molecule has 2 amide bonds. The number of hydrogen-bond acceptors (Lipinski definition) is 4. The van der Waals surface area contributed by atoms with E-state index in [0.29, 0.717) is 16.3 Å². The van der Waals surface area contributed by atoms with Crippen molar-refractivity contribution < 1.29 is 13.2 Å². The zero-order valence-corrected chi connectivity index (χ0v) is 21.3. The topological polar surface area (TPSA) is 87.3 Å². The van der Waals surface area contributed by atoms with Crippen LogP contribution in [0.15, 0.2) is 72.1 Å². The maximum absolute atomic E-state index is 13.2. The number of hydrogen-bond donors (Lipinski definition) is 3. The van der Waals surface area contributed by atoms with Crippen molar-refractivity contribution in [3.63, 3.8) is 0 Å². The lowest BCUT2D eigenvalue weighted by molar-refractivity contribution is 0.249. The summed E-state index contributed by atoms with van der Waals surface area (Å²) in [7, 11) is -3.78. The van der Waals surface area contributed by atoms with Crippen molar-refractivity contribution in [3.05, 3.63) is 100 Å². The number of sulfone groups is 1. The molecular formula is C27H28ClN3O3S. The van der Waals surface area contributed by atoms with E-state index in [1.54, 1.807) is 18.2 Å². The van der Waals surface area contributed by atoms with E-state index < -0.39 is 15.9 Å². The summed E-state index contributed by atoms with van der Waals surface area (Å²) >= 11 is 6.36. The molecular weight excluding hydrogens is 482 g/mol. The molecule has 1 aliphatic rings. The van der Waals surface area contributed by atoms with E-state index in [9.17, 15) is 13.2 Å². The first kappa shape index (κ1) is 25.0. The van der Waals surface area contributed by atoms with Crippen molar-refractivity contribution in [3.8, 4) is 0 Å². The number of halogens is 1. The van der Waals surface area contributed by atoms with Crippen LogP contribution in [0, 0.1) is 6.92 Å². The van der Waals surface area contributed by atoms with E-state index in [1.807, 2.05) is 44.2 Å². The Kier molecular flexibility index (Phi) is 7.31. The van der Waals surface area contributed by atoms with Gasteiger partial charge in [0.15, 0.2) is 0 Å². The Balaban J connectivity index is 1.43. The van der Waals surface area contributed by atoms with Crippen molar-refractivity contribution in [2.75, 3.05) is 11.9 Å². The van der Waals surface area contributed by atoms with Crippen LogP contribution in [0.3, 0.4) is 0 Å². The highest BCUT2D eigenvalue weighted by molar-refractivity contribution is 8.00. The van der Waals surface area contributed by atoms with Gasteiger partial charge in [0.2, 0.25) is 9.84 Å². The van der Waals surface area contributed by atoms with E-state index in [2.05, 4.69) is 22.5 Å². The van der Waals surface area contributed by atoms with Crippen LogP contribution >= 0.6 is 11.6 Å². The van der Waals surface area contributed by atoms with Crippen molar-refractivity contribution in [1.82, 2.24) is 10.6 Å². The molecule has 35 heavy (non-hydrogen) atoms. The number of rotatable bonds is 6. The minimum atomic E-state index is -3.78. The van der Waals surface area contributed by atoms with E-state index >= 15 is 0 Å². The highest BCUT2D eigenvalue weighted by Crippen LogP contribution is 2.30. The highest BCUT2D eigenvalue weighted by Gasteiger charge is 2.22. The molecule has 1 heterocycles. The van der Waals surface area contributed by atoms with Crippen LogP contribution in [0.4, 0.5) is 10.5 Å². The first-order chi connectivity index (χ1) is 16.7. The van der Waals surface area contributed by atoms with Crippen LogP contribution in [0.5, 0.6) is 0 Å². The summed E-state index contributed by atoms with van der Waals surface area (Å²) in [4.78, 5) is 12.7. The fourth-order valence-corrected chi connectivity index (χ4v) is 5.62. The van der Waals surface area contributed by atoms with Gasteiger partial charge in [0.1, 0.15) is 0 Å². The number of carbonyl (C=O) groups is 1. The van der Waals surface area contributed by atoms with Gasteiger partial charge in [-0.05, 0) is 78.9 Å². The van der Waals surface area contributed by atoms with Gasteiger partial charge >= 0.3 is 6.03 Å². The van der Waals surface area contributed by atoms with Gasteiger partial charge in [-0.3, -0.25) is 0 Å². The molecule has 3 N–H and O–H groups in total. The molecule has 8 heteroatoms. The molecule has 0 bridgehead atoms. The van der Waals surface area contributed by atoms with Crippen LogP contribution in [0.25, 0.3) is 4.91 Å². The van der Waals surface area contributed by atoms with Crippen LogP contribution in [-0.4, -0.2) is 21.0 Å². The summed E-state index contributed by atoms with van der Waals surface area (Å²) in [6, 6.07) is 16.7. The minimum absolute atomic E-state index is 0.0566. The number of anilines is 1. The Morgan fingerprint density at radius 1 is 1.09 bits per heavy atom. The average Bonchev–Trinajstić information content (AvgIpc) is 2.85. The molecule has 4 rings (SSSR count). The number of fused-ring (bicyclic) bond motifs is 1. The molecule has 182 valence electrons. The second-order valence-electron chi connectivity index (χ2n) is 8.66. The Morgan fingerprint density at radius 2 is 1.83 bits per heavy atom. The standard InChI is InChI=1S/C27H28ClN3O3S/c1-17-5-4-6-25(26(17)28)18(2)30-27(32)31-23-9-11-24(12-10-23)35(33,34)19(3)20-7-8-22-16-29-14-13-21(22)15-20/h4-12,15,18,29H,3,13-14,16H2,1-2H3,(H2,30,31,32)/t18-/m0/s1. The zero-order valence-electron chi connectivity index (χ0n) is 19.7. The predicted molar refractivity (Wildman–Crippen MR) is 141 cm³/mol. The van der Waals surface area contributed by atoms with Gasteiger partial charge in [-0.25, -0.2) is 13.2 Å². The number of nitrogens with one attached hydrogen (secondary N) is 3. The van der Waals surface area contributed by atoms with Crippen molar-refractivity contribution in [1.29, 1.82) is 0 Å². The van der Waals surface area contributed by atoms with Gasteiger partial charge in [0, 0.05) is 17.3 Å². The number of amides is 2. The Bertz CT molecular complexity index is 1390. The Labute approximate surface area is 211 Å². The van der Waals surface area contributed by atoms with Crippen LogP contribution in [0.2, 0.25) is 5.02 Å². The third-order valence-electron chi connectivity index (χ3n) is 6.20. The van der Waals surface area contributed by atoms with E-state index in [-0.39, 0.29) is 15.8 Å². The molecule has 0 unspecified atom stereocenters. The van der Waals surface area contributed by atoms with Gasteiger partial charge in [0.05, 0.1) is 15.8 Å². The second kappa shape index (κ2) is 10.2. The lowest BCUT2D eigenvalue weighted by Crippen LogP contribution is -2.31. The minimum Gasteiger partial charge on any atom is -0.331 e. The Hall–Kier alpha value is -3.13. The SMILES string of the molecule is C=C(c1ccc2c(c1)CCNC2)S(=O)(=O)c1ccc(NC(=O)N[C@@H](C)c2cccc(C)c2Cl)cc1. The van der Waals surface area contributed by atoms with Crippen molar-refractivity contribution in [2.45, 2.75) is 37.8 Å². The monoisotopic (exact) mass is 509 g/mol. The number of aryl methyl sites for hydroxylation is 1. The highest BCUT2D eigenvalue weighted by atomic mass is 35.5. The number of carbonyl (C=O) groups excluding carboxylic acids is 1. The van der Waals surface area contributed by atoms with Gasteiger partial charge < -0.3 is 16.0 Å². The van der Waals surface area contributed by atoms with Gasteiger partial charge in [-0.2, -0.15) is 0 Å². The normalized spacial score (nSPS) is 14.0. The molecule has 1 atom stereocenters. The molecule has 6 nitrogen and oxygen atoms in total. The van der Waals surface area contributed by atoms with Crippen LogP contribution < -0.4 is 16.0 Å². The zero-order chi connectivity index (χ0) is 25.2. The van der Waals surface area contributed by atoms with Crippen LogP contribution in [-0.2, 0) is 22.8 Å². The maximum Gasteiger partial charge on any atom is 0.319 e. The average molecular weight is 510 g/mol. The van der Waals surface area contributed by atoms with E-state index in [1.165, 1.54) is 17.7 Å². The molecule has 0 aromatic heterocycles.